The lowest BCUT2D eigenvalue weighted by molar-refractivity contribution is -0.137. The molecule has 90 valence electrons. The first kappa shape index (κ1) is 12.3. The molecule has 0 amide bonds. The quantitative estimate of drug-likeness (QED) is 0.679. The molecule has 0 saturated carbocycles. The SMILES string of the molecule is O=C1CC(CO)(C(=O)c2ccc(Br)cc2)CO1. The lowest BCUT2D eigenvalue weighted by atomic mass is 9.80. The Bertz CT molecular complexity index is 454. The molecule has 0 spiro atoms. The molecule has 2 rings (SSSR count). The maximum Gasteiger partial charge on any atom is 0.307 e. The van der Waals surface area contributed by atoms with Crippen molar-refractivity contribution in [3.63, 3.8) is 0 Å². The van der Waals surface area contributed by atoms with Crippen molar-refractivity contribution in [1.82, 2.24) is 0 Å². The minimum atomic E-state index is -1.11. The summed E-state index contributed by atoms with van der Waals surface area (Å²) < 4.78 is 5.66. The van der Waals surface area contributed by atoms with Gasteiger partial charge in [0.15, 0.2) is 5.78 Å². The molecule has 1 atom stereocenters. The number of benzene rings is 1. The third-order valence-corrected chi connectivity index (χ3v) is 3.41. The summed E-state index contributed by atoms with van der Waals surface area (Å²) >= 11 is 3.28. The fourth-order valence-corrected chi connectivity index (χ4v) is 2.09. The number of esters is 1. The number of rotatable bonds is 3. The first-order valence-electron chi connectivity index (χ1n) is 5.14. The average Bonchev–Trinajstić information content (AvgIpc) is 2.72. The minimum Gasteiger partial charge on any atom is -0.464 e. The van der Waals surface area contributed by atoms with E-state index in [1.54, 1.807) is 24.3 Å². The van der Waals surface area contributed by atoms with Crippen LogP contribution in [-0.2, 0) is 9.53 Å². The molecule has 0 aromatic heterocycles. The van der Waals surface area contributed by atoms with Gasteiger partial charge in [0, 0.05) is 10.0 Å². The number of hydrogen-bond donors (Lipinski definition) is 1. The summed E-state index contributed by atoms with van der Waals surface area (Å²) in [7, 11) is 0. The van der Waals surface area contributed by atoms with E-state index in [4.69, 9.17) is 4.74 Å². The Balaban J connectivity index is 2.29. The molecule has 1 fully saturated rings. The maximum absolute atomic E-state index is 12.2. The van der Waals surface area contributed by atoms with Crippen molar-refractivity contribution in [2.24, 2.45) is 5.41 Å². The van der Waals surface area contributed by atoms with Crippen LogP contribution < -0.4 is 0 Å². The molecule has 1 aliphatic rings. The zero-order valence-corrected chi connectivity index (χ0v) is 10.6. The highest BCUT2D eigenvalue weighted by molar-refractivity contribution is 9.10. The van der Waals surface area contributed by atoms with Gasteiger partial charge in [0.05, 0.1) is 13.0 Å². The van der Waals surface area contributed by atoms with E-state index in [0.717, 1.165) is 4.47 Å². The van der Waals surface area contributed by atoms with E-state index < -0.39 is 11.4 Å². The lowest BCUT2D eigenvalue weighted by Crippen LogP contribution is -2.35. The summed E-state index contributed by atoms with van der Waals surface area (Å²) in [6.45, 7) is -0.426. The Hall–Kier alpha value is -1.20. The number of carbonyl (C=O) groups excluding carboxylic acids is 2. The van der Waals surface area contributed by atoms with Crippen LogP contribution >= 0.6 is 15.9 Å². The number of carbonyl (C=O) groups is 2. The molecule has 5 heteroatoms. The number of halogens is 1. The van der Waals surface area contributed by atoms with Gasteiger partial charge in [-0.15, -0.1) is 0 Å². The van der Waals surface area contributed by atoms with Crippen molar-refractivity contribution in [3.05, 3.63) is 34.3 Å². The summed E-state index contributed by atoms with van der Waals surface area (Å²) in [6, 6.07) is 6.81. The van der Waals surface area contributed by atoms with Gasteiger partial charge >= 0.3 is 5.97 Å². The molecule has 0 aliphatic carbocycles. The zero-order valence-electron chi connectivity index (χ0n) is 8.98. The van der Waals surface area contributed by atoms with Crippen LogP contribution in [0.1, 0.15) is 16.8 Å². The fourth-order valence-electron chi connectivity index (χ4n) is 1.82. The molecule has 1 aromatic rings. The van der Waals surface area contributed by atoms with Crippen molar-refractivity contribution in [2.75, 3.05) is 13.2 Å². The first-order chi connectivity index (χ1) is 8.07. The third-order valence-electron chi connectivity index (χ3n) is 2.88. The molecule has 1 aliphatic heterocycles. The number of hydrogen-bond acceptors (Lipinski definition) is 4. The maximum atomic E-state index is 12.2. The number of ether oxygens (including phenoxy) is 1. The summed E-state index contributed by atoms with van der Waals surface area (Å²) in [4.78, 5) is 23.4. The van der Waals surface area contributed by atoms with E-state index in [2.05, 4.69) is 15.9 Å². The monoisotopic (exact) mass is 298 g/mol. The summed E-state index contributed by atoms with van der Waals surface area (Å²) in [6.07, 6.45) is -0.0571. The van der Waals surface area contributed by atoms with Crippen LogP contribution in [0.4, 0.5) is 0 Å². The first-order valence-corrected chi connectivity index (χ1v) is 5.93. The fraction of sp³-hybridized carbons (Fsp3) is 0.333. The normalized spacial score (nSPS) is 23.5. The molecule has 1 unspecified atom stereocenters. The topological polar surface area (TPSA) is 63.6 Å². The molecule has 1 saturated heterocycles. The summed E-state index contributed by atoms with van der Waals surface area (Å²) in [5.41, 5.74) is -0.634. The highest BCUT2D eigenvalue weighted by Crippen LogP contribution is 2.33. The van der Waals surface area contributed by atoms with Crippen LogP contribution in [0.25, 0.3) is 0 Å². The van der Waals surface area contributed by atoms with Gasteiger partial charge in [-0.05, 0) is 12.1 Å². The molecule has 17 heavy (non-hydrogen) atoms. The molecular weight excluding hydrogens is 288 g/mol. The van der Waals surface area contributed by atoms with Crippen molar-refractivity contribution in [1.29, 1.82) is 0 Å². The van der Waals surface area contributed by atoms with Crippen LogP contribution in [0, 0.1) is 5.41 Å². The second-order valence-corrected chi connectivity index (χ2v) is 5.03. The standard InChI is InChI=1S/C12H11BrO4/c13-9-3-1-8(2-4-9)11(16)12(6-14)5-10(15)17-7-12/h1-4,14H,5-7H2. The highest BCUT2D eigenvalue weighted by atomic mass is 79.9. The molecule has 4 nitrogen and oxygen atoms in total. The van der Waals surface area contributed by atoms with Crippen molar-refractivity contribution in [3.8, 4) is 0 Å². The zero-order chi connectivity index (χ0) is 12.5. The Morgan fingerprint density at radius 3 is 2.53 bits per heavy atom. The van der Waals surface area contributed by atoms with E-state index in [9.17, 15) is 14.7 Å². The van der Waals surface area contributed by atoms with Crippen LogP contribution in [0.3, 0.4) is 0 Å². The van der Waals surface area contributed by atoms with Gasteiger partial charge < -0.3 is 9.84 Å². The molecular formula is C12H11BrO4. The highest BCUT2D eigenvalue weighted by Gasteiger charge is 2.46. The number of Topliss-reactive ketones (excluding diaryl/α,β-unsaturated/α-hetero) is 1. The second kappa shape index (κ2) is 4.58. The smallest absolute Gasteiger partial charge is 0.307 e. The van der Waals surface area contributed by atoms with Crippen molar-refractivity contribution in [2.45, 2.75) is 6.42 Å². The van der Waals surface area contributed by atoms with Gasteiger partial charge in [0.2, 0.25) is 0 Å². The average molecular weight is 299 g/mol. The van der Waals surface area contributed by atoms with Gasteiger partial charge in [-0.2, -0.15) is 0 Å². The van der Waals surface area contributed by atoms with E-state index in [-0.39, 0.29) is 25.4 Å². The Morgan fingerprint density at radius 2 is 2.06 bits per heavy atom. The van der Waals surface area contributed by atoms with Crippen LogP contribution in [0.15, 0.2) is 28.7 Å². The molecule has 0 bridgehead atoms. The second-order valence-electron chi connectivity index (χ2n) is 4.11. The van der Waals surface area contributed by atoms with E-state index in [0.29, 0.717) is 5.56 Å². The minimum absolute atomic E-state index is 0.0444. The van der Waals surface area contributed by atoms with E-state index in [1.165, 1.54) is 0 Å². The van der Waals surface area contributed by atoms with Crippen molar-refractivity contribution < 1.29 is 19.4 Å². The van der Waals surface area contributed by atoms with E-state index >= 15 is 0 Å². The number of aliphatic hydroxyl groups is 1. The number of ketones is 1. The predicted molar refractivity (Wildman–Crippen MR) is 63.6 cm³/mol. The predicted octanol–water partition coefficient (Wildman–Crippen LogP) is 1.56. The molecule has 1 aromatic carbocycles. The number of aliphatic hydroxyl groups excluding tert-OH is 1. The van der Waals surface area contributed by atoms with Gasteiger partial charge in [0.1, 0.15) is 12.0 Å². The van der Waals surface area contributed by atoms with Crippen LogP contribution in [0.5, 0.6) is 0 Å². The van der Waals surface area contributed by atoms with Crippen LogP contribution in [-0.4, -0.2) is 30.1 Å². The molecule has 0 radical (unpaired) electrons. The summed E-state index contributed by atoms with van der Waals surface area (Å²) in [5.74, 6) is -0.692. The van der Waals surface area contributed by atoms with Gasteiger partial charge in [0.25, 0.3) is 0 Å². The lowest BCUT2D eigenvalue weighted by Gasteiger charge is -2.21. The van der Waals surface area contributed by atoms with E-state index in [1.807, 2.05) is 0 Å². The number of cyclic esters (lactones) is 1. The van der Waals surface area contributed by atoms with Gasteiger partial charge in [-0.1, -0.05) is 28.1 Å². The van der Waals surface area contributed by atoms with Gasteiger partial charge in [-0.3, -0.25) is 9.59 Å². The third kappa shape index (κ3) is 2.25. The Labute approximate surface area is 107 Å². The van der Waals surface area contributed by atoms with Crippen LogP contribution in [0.2, 0.25) is 0 Å². The van der Waals surface area contributed by atoms with Gasteiger partial charge in [-0.25, -0.2) is 0 Å². The summed E-state index contributed by atoms with van der Waals surface area (Å²) in [5, 5.41) is 9.36. The van der Waals surface area contributed by atoms with Crippen molar-refractivity contribution >= 4 is 27.7 Å². The molecule has 1 N–H and O–H groups in total. The Kier molecular flexibility index (Phi) is 3.31. The molecule has 1 heterocycles. The Morgan fingerprint density at radius 1 is 1.41 bits per heavy atom. The largest absolute Gasteiger partial charge is 0.464 e.